The number of nitrogens with one attached hydrogen (secondary N) is 2. The van der Waals surface area contributed by atoms with Gasteiger partial charge in [0.2, 0.25) is 0 Å². The number of hydrogen-bond donors (Lipinski definition) is 2. The minimum atomic E-state index is -4.07. The molecule has 0 saturated carbocycles. The highest BCUT2D eigenvalue weighted by Crippen LogP contribution is 2.25. The molecular weight excluding hydrogens is 580 g/mol. The van der Waals surface area contributed by atoms with Crippen molar-refractivity contribution in [2.24, 2.45) is 5.10 Å². The van der Waals surface area contributed by atoms with E-state index < -0.39 is 22.5 Å². The van der Waals surface area contributed by atoms with Gasteiger partial charge in [-0.1, -0.05) is 48.5 Å². The molecule has 0 atom stereocenters. The summed E-state index contributed by atoms with van der Waals surface area (Å²) in [5.41, 5.74) is 4.52. The summed E-state index contributed by atoms with van der Waals surface area (Å²) in [6, 6.07) is 31.1. The average Bonchev–Trinajstić information content (AvgIpc) is 3.04. The molecule has 0 spiro atoms. The largest absolute Gasteiger partial charge is 0.494 e. The van der Waals surface area contributed by atoms with E-state index in [1.54, 1.807) is 66.7 Å². The summed E-state index contributed by atoms with van der Waals surface area (Å²) in [6.45, 7) is 2.21. The molecule has 0 saturated heterocycles. The maximum Gasteiger partial charge on any atom is 0.264 e. The summed E-state index contributed by atoms with van der Waals surface area (Å²) in [6.07, 6.45) is 2.16. The maximum atomic E-state index is 13.5. The number of benzene rings is 4. The predicted molar refractivity (Wildman–Crippen MR) is 169 cm³/mol. The lowest BCUT2D eigenvalue weighted by atomic mass is 10.1. The molecule has 0 heterocycles. The Morgan fingerprint density at radius 3 is 2.07 bits per heavy atom. The second-order valence-electron chi connectivity index (χ2n) is 9.49. The molecule has 4 aromatic rings. The number of ether oxygens (including phenoxy) is 2. The number of hydrogen-bond acceptors (Lipinski definition) is 7. The van der Waals surface area contributed by atoms with Crippen LogP contribution in [0.25, 0.3) is 0 Å². The molecule has 228 valence electrons. The third-order valence-corrected chi connectivity index (χ3v) is 8.07. The van der Waals surface area contributed by atoms with E-state index in [1.807, 2.05) is 37.3 Å². The van der Waals surface area contributed by atoms with Gasteiger partial charge in [-0.3, -0.25) is 13.9 Å². The van der Waals surface area contributed by atoms with Crippen LogP contribution in [0.5, 0.6) is 11.5 Å². The number of hydrazone groups is 1. The average molecular weight is 615 g/mol. The van der Waals surface area contributed by atoms with Crippen molar-refractivity contribution in [3.63, 3.8) is 0 Å². The quantitative estimate of drug-likeness (QED) is 0.153. The number of sulfonamides is 1. The van der Waals surface area contributed by atoms with Gasteiger partial charge in [0, 0.05) is 6.54 Å². The summed E-state index contributed by atoms with van der Waals surface area (Å²) in [7, 11) is -4.07. The summed E-state index contributed by atoms with van der Waals surface area (Å²) >= 11 is 0. The standard InChI is InChI=1S/C33H34N4O6S/c1-2-42-29-17-19-31(20-18-29)44(40,41)37(28-11-7-4-8-12-28)24-32(38)36-35-23-27-13-15-30(16-14-27)43-25-33(39)34-22-21-26-9-5-3-6-10-26/h3-20,23H,2,21-22,24-25H2,1H3,(H,34,39)(H,36,38)/b35-23+. The van der Waals surface area contributed by atoms with Gasteiger partial charge in [0.1, 0.15) is 18.0 Å². The van der Waals surface area contributed by atoms with E-state index in [9.17, 15) is 18.0 Å². The Morgan fingerprint density at radius 2 is 1.41 bits per heavy atom. The first kappa shape index (κ1) is 31.8. The highest BCUT2D eigenvalue weighted by Gasteiger charge is 2.27. The third-order valence-electron chi connectivity index (χ3n) is 6.29. The summed E-state index contributed by atoms with van der Waals surface area (Å²) in [5, 5.41) is 6.80. The number of nitrogens with zero attached hydrogens (tertiary/aromatic N) is 2. The molecule has 0 aliphatic carbocycles. The lowest BCUT2D eigenvalue weighted by Gasteiger charge is -2.23. The zero-order valence-electron chi connectivity index (χ0n) is 24.3. The second-order valence-corrected chi connectivity index (χ2v) is 11.4. The van der Waals surface area contributed by atoms with E-state index in [-0.39, 0.29) is 17.4 Å². The van der Waals surface area contributed by atoms with Gasteiger partial charge in [0.05, 0.1) is 23.4 Å². The van der Waals surface area contributed by atoms with Crippen molar-refractivity contribution in [3.05, 3.63) is 120 Å². The SMILES string of the molecule is CCOc1ccc(S(=O)(=O)N(CC(=O)N/N=C/c2ccc(OCC(=O)NCCc3ccccc3)cc2)c2ccccc2)cc1. The van der Waals surface area contributed by atoms with E-state index >= 15 is 0 Å². The molecule has 10 nitrogen and oxygen atoms in total. The second kappa shape index (κ2) is 15.9. The Morgan fingerprint density at radius 1 is 0.795 bits per heavy atom. The molecule has 2 N–H and O–H groups in total. The Hall–Kier alpha value is -5.16. The zero-order chi connectivity index (χ0) is 31.2. The van der Waals surface area contributed by atoms with E-state index in [0.29, 0.717) is 35.9 Å². The van der Waals surface area contributed by atoms with E-state index in [4.69, 9.17) is 9.47 Å². The van der Waals surface area contributed by atoms with Crippen LogP contribution < -0.4 is 24.5 Å². The van der Waals surface area contributed by atoms with Crippen molar-refractivity contribution in [2.75, 3.05) is 30.6 Å². The van der Waals surface area contributed by atoms with Crippen molar-refractivity contribution in [2.45, 2.75) is 18.2 Å². The van der Waals surface area contributed by atoms with Gasteiger partial charge in [0.25, 0.3) is 21.8 Å². The first-order valence-electron chi connectivity index (χ1n) is 14.0. The van der Waals surface area contributed by atoms with Gasteiger partial charge in [-0.25, -0.2) is 13.8 Å². The summed E-state index contributed by atoms with van der Waals surface area (Å²) in [4.78, 5) is 24.9. The third kappa shape index (κ3) is 9.43. The van der Waals surface area contributed by atoms with Gasteiger partial charge in [-0.2, -0.15) is 5.10 Å². The highest BCUT2D eigenvalue weighted by atomic mass is 32.2. The molecule has 0 fully saturated rings. The van der Waals surface area contributed by atoms with Crippen LogP contribution in [-0.2, 0) is 26.0 Å². The number of para-hydroxylation sites is 1. The molecule has 0 radical (unpaired) electrons. The van der Waals surface area contributed by atoms with Gasteiger partial charge in [-0.05, 0) is 85.1 Å². The van der Waals surface area contributed by atoms with E-state index in [1.165, 1.54) is 18.3 Å². The molecule has 0 aromatic heterocycles. The normalized spacial score (nSPS) is 11.1. The minimum Gasteiger partial charge on any atom is -0.494 e. The van der Waals surface area contributed by atoms with Crippen molar-refractivity contribution in [1.82, 2.24) is 10.7 Å². The smallest absolute Gasteiger partial charge is 0.264 e. The minimum absolute atomic E-state index is 0.0214. The van der Waals surface area contributed by atoms with Crippen molar-refractivity contribution in [1.29, 1.82) is 0 Å². The Bertz CT molecular complexity index is 1630. The number of rotatable bonds is 15. The molecule has 44 heavy (non-hydrogen) atoms. The summed E-state index contributed by atoms with van der Waals surface area (Å²) in [5.74, 6) is 0.202. The lowest BCUT2D eigenvalue weighted by Crippen LogP contribution is -2.39. The number of carbonyl (C=O) groups excluding carboxylic acids is 2. The van der Waals surface area contributed by atoms with Crippen LogP contribution in [0, 0.1) is 0 Å². The Kier molecular flexibility index (Phi) is 11.5. The van der Waals surface area contributed by atoms with Gasteiger partial charge in [0.15, 0.2) is 6.61 Å². The fourth-order valence-electron chi connectivity index (χ4n) is 4.10. The van der Waals surface area contributed by atoms with Crippen LogP contribution in [0.3, 0.4) is 0 Å². The number of anilines is 1. The highest BCUT2D eigenvalue weighted by molar-refractivity contribution is 7.92. The molecule has 11 heteroatoms. The fraction of sp³-hybridized carbons (Fsp3) is 0.182. The molecular formula is C33H34N4O6S. The van der Waals surface area contributed by atoms with Crippen LogP contribution in [0.4, 0.5) is 5.69 Å². The van der Waals surface area contributed by atoms with Gasteiger partial charge in [-0.15, -0.1) is 0 Å². The van der Waals surface area contributed by atoms with E-state index in [2.05, 4.69) is 15.8 Å². The van der Waals surface area contributed by atoms with Crippen LogP contribution in [0.1, 0.15) is 18.1 Å². The first-order valence-corrected chi connectivity index (χ1v) is 15.4. The maximum absolute atomic E-state index is 13.5. The topological polar surface area (TPSA) is 126 Å². The molecule has 0 aliphatic heterocycles. The summed E-state index contributed by atoms with van der Waals surface area (Å²) < 4.78 is 39.0. The van der Waals surface area contributed by atoms with Crippen LogP contribution >= 0.6 is 0 Å². The molecule has 4 rings (SSSR count). The molecule has 0 bridgehead atoms. The van der Waals surface area contributed by atoms with Crippen molar-refractivity contribution in [3.8, 4) is 11.5 Å². The molecule has 0 aliphatic rings. The predicted octanol–water partition coefficient (Wildman–Crippen LogP) is 4.17. The monoisotopic (exact) mass is 614 g/mol. The van der Waals surface area contributed by atoms with Crippen LogP contribution in [-0.4, -0.2) is 52.8 Å². The van der Waals surface area contributed by atoms with Crippen molar-refractivity contribution >= 4 is 33.7 Å². The first-order chi connectivity index (χ1) is 21.3. The lowest BCUT2D eigenvalue weighted by molar-refractivity contribution is -0.123. The number of amides is 2. The fourth-order valence-corrected chi connectivity index (χ4v) is 5.52. The van der Waals surface area contributed by atoms with Crippen molar-refractivity contribution < 1.29 is 27.5 Å². The number of carbonyl (C=O) groups is 2. The van der Waals surface area contributed by atoms with Gasteiger partial charge < -0.3 is 14.8 Å². The molecule has 4 aromatic carbocycles. The molecule has 2 amide bonds. The van der Waals surface area contributed by atoms with Crippen LogP contribution in [0.15, 0.2) is 119 Å². The Labute approximate surface area is 257 Å². The van der Waals surface area contributed by atoms with E-state index in [0.717, 1.165) is 16.3 Å². The zero-order valence-corrected chi connectivity index (χ0v) is 25.1. The van der Waals surface area contributed by atoms with Crippen LogP contribution in [0.2, 0.25) is 0 Å². The molecule has 0 unspecified atom stereocenters. The van der Waals surface area contributed by atoms with Gasteiger partial charge >= 0.3 is 0 Å². The Balaban J connectivity index is 1.29.